The zero-order chi connectivity index (χ0) is 23.8. The van der Waals surface area contributed by atoms with Gasteiger partial charge in [0.2, 0.25) is 5.91 Å². The van der Waals surface area contributed by atoms with E-state index in [-0.39, 0.29) is 17.0 Å². The van der Waals surface area contributed by atoms with Crippen LogP contribution in [0.15, 0.2) is 36.7 Å². The largest absolute Gasteiger partial charge is 0.465 e. The third-order valence-corrected chi connectivity index (χ3v) is 7.55. The summed E-state index contributed by atoms with van der Waals surface area (Å²) in [5.41, 5.74) is 1.71. The average Bonchev–Trinajstić information content (AvgIpc) is 3.44. The number of nitrogens with one attached hydrogen (secondary N) is 1. The number of amides is 2. The van der Waals surface area contributed by atoms with Crippen molar-refractivity contribution in [2.75, 3.05) is 18.4 Å². The topological polar surface area (TPSA) is 98.7 Å². The third-order valence-electron chi connectivity index (χ3n) is 6.14. The minimum absolute atomic E-state index is 0.0222. The molecule has 2 aliphatic rings. The lowest BCUT2D eigenvalue weighted by Crippen LogP contribution is -2.35. The fraction of sp³-hybridized carbons (Fsp3) is 0.304. The molecule has 2 N–H and O–H groups in total. The number of fused-ring (bicyclic) bond motifs is 3. The molecule has 1 aromatic carbocycles. The van der Waals surface area contributed by atoms with Crippen LogP contribution in [0.2, 0.25) is 5.02 Å². The van der Waals surface area contributed by atoms with Gasteiger partial charge in [0.05, 0.1) is 23.0 Å². The second kappa shape index (κ2) is 9.19. The Labute approximate surface area is 203 Å². The molecule has 8 nitrogen and oxygen atoms in total. The Morgan fingerprint density at radius 2 is 2.15 bits per heavy atom. The van der Waals surface area contributed by atoms with Gasteiger partial charge in [-0.1, -0.05) is 17.7 Å². The molecular formula is C23H21ClFN5O3S. The summed E-state index contributed by atoms with van der Waals surface area (Å²) < 4.78 is 13.5. The van der Waals surface area contributed by atoms with Crippen molar-refractivity contribution in [1.82, 2.24) is 19.8 Å². The highest BCUT2D eigenvalue weighted by Crippen LogP contribution is 2.38. The Hall–Kier alpha value is -3.24. The van der Waals surface area contributed by atoms with Crippen molar-refractivity contribution in [2.24, 2.45) is 0 Å². The van der Waals surface area contributed by atoms with Gasteiger partial charge in [-0.05, 0) is 43.0 Å². The highest BCUT2D eigenvalue weighted by Gasteiger charge is 2.28. The smallest absolute Gasteiger partial charge is 0.407 e. The molecule has 0 saturated carbocycles. The van der Waals surface area contributed by atoms with Crippen LogP contribution in [0.4, 0.5) is 20.7 Å². The molecule has 2 aromatic heterocycles. The van der Waals surface area contributed by atoms with E-state index in [2.05, 4.69) is 15.3 Å². The number of halogens is 2. The van der Waals surface area contributed by atoms with E-state index in [0.717, 1.165) is 33.5 Å². The molecule has 0 unspecified atom stereocenters. The summed E-state index contributed by atoms with van der Waals surface area (Å²) in [6, 6.07) is 4.14. The van der Waals surface area contributed by atoms with Gasteiger partial charge in [0, 0.05) is 29.7 Å². The number of hydrogen-bond donors (Lipinski definition) is 2. The molecule has 0 bridgehead atoms. The summed E-state index contributed by atoms with van der Waals surface area (Å²) >= 11 is 7.43. The van der Waals surface area contributed by atoms with Gasteiger partial charge in [0.25, 0.3) is 0 Å². The number of carbonyl (C=O) groups is 2. The average molecular weight is 502 g/mol. The number of carboxylic acid groups (broad SMARTS) is 1. The van der Waals surface area contributed by atoms with E-state index in [1.165, 1.54) is 40.8 Å². The van der Waals surface area contributed by atoms with E-state index in [4.69, 9.17) is 11.6 Å². The molecule has 3 aromatic rings. The Balaban J connectivity index is 1.35. The lowest BCUT2D eigenvalue weighted by molar-refractivity contribution is -0.126. The first-order valence-electron chi connectivity index (χ1n) is 10.8. The molecule has 2 aliphatic heterocycles. The van der Waals surface area contributed by atoms with Gasteiger partial charge in [-0.25, -0.2) is 19.2 Å². The predicted molar refractivity (Wildman–Crippen MR) is 128 cm³/mol. The first-order chi connectivity index (χ1) is 16.4. The van der Waals surface area contributed by atoms with Crippen LogP contribution < -0.4 is 5.32 Å². The van der Waals surface area contributed by atoms with Crippen LogP contribution >= 0.6 is 22.9 Å². The number of aromatic nitrogens is 2. The number of likely N-dealkylation sites (tertiary alicyclic amines) is 1. The maximum Gasteiger partial charge on any atom is 0.407 e. The molecule has 0 radical (unpaired) electrons. The number of anilines is 2. The van der Waals surface area contributed by atoms with E-state index >= 15 is 0 Å². The van der Waals surface area contributed by atoms with Crippen LogP contribution in [0.5, 0.6) is 0 Å². The summed E-state index contributed by atoms with van der Waals surface area (Å²) in [7, 11) is 0. The van der Waals surface area contributed by atoms with Gasteiger partial charge < -0.3 is 20.2 Å². The van der Waals surface area contributed by atoms with Crippen molar-refractivity contribution in [3.63, 3.8) is 0 Å². The Kier molecular flexibility index (Phi) is 6.09. The quantitative estimate of drug-likeness (QED) is 0.498. The fourth-order valence-corrected chi connectivity index (χ4v) is 5.83. The van der Waals surface area contributed by atoms with Crippen LogP contribution in [-0.4, -0.2) is 56.0 Å². The molecule has 176 valence electrons. The zero-order valence-electron chi connectivity index (χ0n) is 18.0. The third kappa shape index (κ3) is 4.30. The van der Waals surface area contributed by atoms with Crippen molar-refractivity contribution in [3.8, 4) is 0 Å². The standard InChI is InChI=1S/C23H21ClFN5O3S/c24-16-10-13(3-5-17(16)25)28-21-20-15-7-9-29(11-18(15)34-22(20)27-12-26-21)19(31)6-4-14-2-1-8-30(14)23(32)33/h3-6,10,12,14H,1-2,7-9,11H2,(H,32,33)(H,26,27,28)/b6-4+/t14-/m0/s1. The Morgan fingerprint density at radius 1 is 1.29 bits per heavy atom. The highest BCUT2D eigenvalue weighted by molar-refractivity contribution is 7.19. The van der Waals surface area contributed by atoms with E-state index in [9.17, 15) is 19.1 Å². The molecular weight excluding hydrogens is 481 g/mol. The first kappa shape index (κ1) is 22.5. The second-order valence-electron chi connectivity index (χ2n) is 8.21. The lowest BCUT2D eigenvalue weighted by atomic mass is 10.0. The summed E-state index contributed by atoms with van der Waals surface area (Å²) in [4.78, 5) is 37.9. The summed E-state index contributed by atoms with van der Waals surface area (Å²) in [6.07, 6.45) is 5.88. The highest BCUT2D eigenvalue weighted by atomic mass is 35.5. The van der Waals surface area contributed by atoms with Gasteiger partial charge in [0.1, 0.15) is 22.8 Å². The van der Waals surface area contributed by atoms with Crippen LogP contribution in [0, 0.1) is 5.82 Å². The molecule has 4 heterocycles. The minimum atomic E-state index is -0.957. The molecule has 0 spiro atoms. The van der Waals surface area contributed by atoms with Crippen LogP contribution in [0.3, 0.4) is 0 Å². The van der Waals surface area contributed by atoms with E-state index in [1.54, 1.807) is 17.0 Å². The molecule has 0 aliphatic carbocycles. The lowest BCUT2D eigenvalue weighted by Gasteiger charge is -2.26. The number of rotatable bonds is 4. The number of nitrogens with zero attached hydrogens (tertiary/aromatic N) is 4. The summed E-state index contributed by atoms with van der Waals surface area (Å²) in [6.45, 7) is 1.48. The normalized spacial score (nSPS) is 18.0. The number of thiophene rings is 1. The zero-order valence-corrected chi connectivity index (χ0v) is 19.6. The molecule has 1 saturated heterocycles. The van der Waals surface area contributed by atoms with Gasteiger partial charge in [-0.2, -0.15) is 0 Å². The van der Waals surface area contributed by atoms with Gasteiger partial charge in [-0.3, -0.25) is 4.79 Å². The minimum Gasteiger partial charge on any atom is -0.465 e. The van der Waals surface area contributed by atoms with Gasteiger partial charge in [0.15, 0.2) is 0 Å². The van der Waals surface area contributed by atoms with E-state index in [0.29, 0.717) is 37.6 Å². The molecule has 11 heteroatoms. The van der Waals surface area contributed by atoms with E-state index in [1.807, 2.05) is 0 Å². The van der Waals surface area contributed by atoms with E-state index < -0.39 is 11.9 Å². The van der Waals surface area contributed by atoms with Gasteiger partial charge >= 0.3 is 6.09 Å². The summed E-state index contributed by atoms with van der Waals surface area (Å²) in [5.74, 6) is -0.0130. The monoisotopic (exact) mass is 501 g/mol. The van der Waals surface area contributed by atoms with Crippen molar-refractivity contribution in [3.05, 3.63) is 58.0 Å². The molecule has 34 heavy (non-hydrogen) atoms. The number of hydrogen-bond acceptors (Lipinski definition) is 6. The second-order valence-corrected chi connectivity index (χ2v) is 9.71. The van der Waals surface area contributed by atoms with Crippen molar-refractivity contribution < 1.29 is 19.1 Å². The Morgan fingerprint density at radius 3 is 2.94 bits per heavy atom. The maximum atomic E-state index is 13.5. The molecule has 1 atom stereocenters. The number of benzene rings is 1. The van der Waals surface area contributed by atoms with Crippen molar-refractivity contribution in [2.45, 2.75) is 31.8 Å². The summed E-state index contributed by atoms with van der Waals surface area (Å²) in [5, 5.41) is 13.4. The van der Waals surface area contributed by atoms with Crippen molar-refractivity contribution in [1.29, 1.82) is 0 Å². The van der Waals surface area contributed by atoms with Crippen LogP contribution in [0.25, 0.3) is 10.2 Å². The van der Waals surface area contributed by atoms with Gasteiger partial charge in [-0.15, -0.1) is 11.3 Å². The van der Waals surface area contributed by atoms with Crippen molar-refractivity contribution >= 4 is 56.7 Å². The number of carbonyl (C=O) groups excluding carboxylic acids is 1. The maximum absolute atomic E-state index is 13.5. The molecule has 5 rings (SSSR count). The van der Waals surface area contributed by atoms with Crippen LogP contribution in [-0.2, 0) is 17.8 Å². The molecule has 1 fully saturated rings. The fourth-order valence-electron chi connectivity index (χ4n) is 4.45. The predicted octanol–water partition coefficient (Wildman–Crippen LogP) is 4.81. The SMILES string of the molecule is O=C(/C=C/[C@@H]1CCCN1C(=O)O)N1CCc2c(sc3ncnc(Nc4ccc(F)c(Cl)c4)c23)C1. The molecule has 2 amide bonds. The first-order valence-corrected chi connectivity index (χ1v) is 12.0. The van der Waals surface area contributed by atoms with Crippen LogP contribution in [0.1, 0.15) is 23.3 Å². The Bertz CT molecular complexity index is 1310.